The standard InChI is InChI=1S/C34H33F2N7O14P2S/c1-50-20-5-3-2-4-19(20)33(45)53-18-8-6-17(7-9-18)14-60-59(49)52-13-22-27(25(36)31(55-22)43-16-40-26-29(37)38-15-39-30(26)43)56-58(47,48)51-12-21-24(35)28(57-59)32(54-21)42-11-10-23(44)41-34(42)46/h2-11,15-16,21-22,24-25,27-28,31-32H,12-14H2,1H3,(H,47,48)(H2,37,38,39)(H,41,44,46)/t21-,22-,24-,25-,27-,28-,31-,32-,59?/m1/s1. The highest BCUT2D eigenvalue weighted by molar-refractivity contribution is 8.54. The van der Waals surface area contributed by atoms with Crippen LogP contribution in [0.1, 0.15) is 28.4 Å². The molecule has 2 bridgehead atoms. The third kappa shape index (κ3) is 8.53. The summed E-state index contributed by atoms with van der Waals surface area (Å²) >= 11 is 0.558. The number of hydrogen-bond donors (Lipinski definition) is 3. The Morgan fingerprint density at radius 3 is 2.47 bits per heavy atom. The van der Waals surface area contributed by atoms with Crippen molar-refractivity contribution < 1.29 is 64.6 Å². The molecule has 0 spiro atoms. The lowest BCUT2D eigenvalue weighted by Crippen LogP contribution is -2.37. The number of nitrogen functional groups attached to an aromatic ring is 1. The van der Waals surface area contributed by atoms with Crippen LogP contribution in [0.2, 0.25) is 0 Å². The van der Waals surface area contributed by atoms with Gasteiger partial charge in [0.15, 0.2) is 36.3 Å². The number of rotatable bonds is 8. The fourth-order valence-corrected chi connectivity index (χ4v) is 10.9. The molecule has 3 saturated heterocycles. The molecule has 10 atom stereocenters. The minimum absolute atomic E-state index is 0.0217. The number of methoxy groups -OCH3 is 1. The van der Waals surface area contributed by atoms with Crippen LogP contribution in [-0.2, 0) is 42.5 Å². The van der Waals surface area contributed by atoms with E-state index < -0.39 is 94.3 Å². The molecule has 6 heterocycles. The molecule has 3 aliphatic heterocycles. The first kappa shape index (κ1) is 41.8. The average molecular weight is 896 g/mol. The van der Waals surface area contributed by atoms with Crippen LogP contribution in [0.15, 0.2) is 83.0 Å². The number of carbonyl (C=O) groups excluding carboxylic acids is 1. The number of para-hydroxylation sites is 1. The van der Waals surface area contributed by atoms with Crippen molar-refractivity contribution in [2.24, 2.45) is 0 Å². The number of alkyl halides is 2. The molecular formula is C34H33F2N7O14P2S. The van der Waals surface area contributed by atoms with Crippen LogP contribution in [0.5, 0.6) is 11.5 Å². The predicted octanol–water partition coefficient (Wildman–Crippen LogP) is 3.62. The summed E-state index contributed by atoms with van der Waals surface area (Å²) in [5, 5.41) is 0. The molecule has 2 aromatic carbocycles. The summed E-state index contributed by atoms with van der Waals surface area (Å²) in [6.45, 7) is -6.54. The lowest BCUT2D eigenvalue weighted by Gasteiger charge is -2.27. The van der Waals surface area contributed by atoms with Gasteiger partial charge in [-0.1, -0.05) is 24.3 Å². The first-order chi connectivity index (χ1) is 28.7. The van der Waals surface area contributed by atoms with E-state index in [1.54, 1.807) is 30.3 Å². The second-order valence-electron chi connectivity index (χ2n) is 13.3. The number of anilines is 1. The average Bonchev–Trinajstić information content (AvgIpc) is 3.89. The quantitative estimate of drug-likeness (QED) is 0.114. The number of H-pyrrole nitrogens is 1. The number of phosphoric acid groups is 1. The molecule has 3 aliphatic rings. The van der Waals surface area contributed by atoms with Gasteiger partial charge in [0.1, 0.15) is 53.3 Å². The van der Waals surface area contributed by atoms with Crippen LogP contribution < -0.4 is 26.5 Å². The number of aromatic amines is 1. The Morgan fingerprint density at radius 1 is 0.950 bits per heavy atom. The normalized spacial score (nSPS) is 30.8. The van der Waals surface area contributed by atoms with Crippen molar-refractivity contribution >= 4 is 49.0 Å². The molecule has 8 rings (SSSR count). The number of fused-ring (bicyclic) bond motifs is 4. The Balaban J connectivity index is 1.09. The minimum Gasteiger partial charge on any atom is -0.496 e. The maximum absolute atomic E-state index is 16.4. The summed E-state index contributed by atoms with van der Waals surface area (Å²) in [4.78, 5) is 62.3. The highest BCUT2D eigenvalue weighted by Crippen LogP contribution is 2.65. The van der Waals surface area contributed by atoms with E-state index in [0.717, 1.165) is 34.1 Å². The number of imidazole rings is 1. The Bertz CT molecular complexity index is 2620. The van der Waals surface area contributed by atoms with E-state index in [2.05, 4.69) is 15.0 Å². The van der Waals surface area contributed by atoms with Gasteiger partial charge in [-0.3, -0.25) is 37.0 Å². The molecule has 0 saturated carbocycles. The maximum Gasteiger partial charge on any atom is 0.472 e. The highest BCUT2D eigenvalue weighted by Gasteiger charge is 2.55. The van der Waals surface area contributed by atoms with E-state index in [0.29, 0.717) is 22.7 Å². The number of hydrogen-bond acceptors (Lipinski definition) is 18. The van der Waals surface area contributed by atoms with E-state index in [9.17, 15) is 28.4 Å². The van der Waals surface area contributed by atoms with E-state index in [-0.39, 0.29) is 34.0 Å². The molecule has 21 nitrogen and oxygen atoms in total. The summed E-state index contributed by atoms with van der Waals surface area (Å²) < 4.78 is 107. The third-order valence-electron chi connectivity index (χ3n) is 9.47. The summed E-state index contributed by atoms with van der Waals surface area (Å²) in [6, 6.07) is 13.4. The lowest BCUT2D eigenvalue weighted by molar-refractivity contribution is -0.0635. The Kier molecular flexibility index (Phi) is 11.8. The number of ether oxygens (including phenoxy) is 4. The zero-order chi connectivity index (χ0) is 42.3. The van der Waals surface area contributed by atoms with Crippen molar-refractivity contribution in [3.05, 3.63) is 105 Å². The maximum atomic E-state index is 16.4. The van der Waals surface area contributed by atoms with Crippen LogP contribution in [0.4, 0.5) is 14.6 Å². The second-order valence-corrected chi connectivity index (χ2v) is 18.7. The molecule has 3 fully saturated rings. The lowest BCUT2D eigenvalue weighted by atomic mass is 10.1. The molecule has 318 valence electrons. The van der Waals surface area contributed by atoms with Crippen LogP contribution in [-0.4, -0.2) is 97.0 Å². The molecule has 3 aromatic heterocycles. The second kappa shape index (κ2) is 16.9. The molecule has 0 radical (unpaired) electrons. The highest BCUT2D eigenvalue weighted by atomic mass is 32.7. The van der Waals surface area contributed by atoms with Crippen molar-refractivity contribution in [3.63, 3.8) is 0 Å². The summed E-state index contributed by atoms with van der Waals surface area (Å²) in [5.41, 5.74) is 4.88. The van der Waals surface area contributed by atoms with Crippen LogP contribution in [0, 0.1) is 0 Å². The largest absolute Gasteiger partial charge is 0.496 e. The number of esters is 1. The summed E-state index contributed by atoms with van der Waals surface area (Å²) in [5.74, 6) is -0.387. The van der Waals surface area contributed by atoms with Gasteiger partial charge in [0.2, 0.25) is 0 Å². The van der Waals surface area contributed by atoms with Gasteiger partial charge in [0.05, 0.1) is 26.7 Å². The van der Waals surface area contributed by atoms with Crippen molar-refractivity contribution in [2.45, 2.75) is 55.0 Å². The first-order valence-corrected chi connectivity index (χ1v) is 22.4. The number of carbonyl (C=O) groups is 1. The van der Waals surface area contributed by atoms with Gasteiger partial charge in [-0.25, -0.2) is 42.5 Å². The number of aromatic nitrogens is 6. The third-order valence-corrected chi connectivity index (χ3v) is 14.1. The van der Waals surface area contributed by atoms with Crippen molar-refractivity contribution in [2.75, 3.05) is 26.1 Å². The number of nitrogens with two attached hydrogens (primary N) is 1. The molecule has 0 aliphatic carbocycles. The first-order valence-electron chi connectivity index (χ1n) is 17.7. The number of benzene rings is 2. The van der Waals surface area contributed by atoms with Gasteiger partial charge in [-0.15, -0.1) is 0 Å². The molecule has 60 heavy (non-hydrogen) atoms. The zero-order valence-corrected chi connectivity index (χ0v) is 33.4. The smallest absolute Gasteiger partial charge is 0.472 e. The van der Waals surface area contributed by atoms with Crippen LogP contribution >= 0.6 is 26.0 Å². The van der Waals surface area contributed by atoms with Crippen LogP contribution in [0.3, 0.4) is 0 Å². The van der Waals surface area contributed by atoms with Crippen molar-refractivity contribution in [1.82, 2.24) is 29.1 Å². The Hall–Kier alpha value is -4.87. The van der Waals surface area contributed by atoms with E-state index in [1.807, 2.05) is 4.98 Å². The number of nitrogens with zero attached hydrogens (tertiary/aromatic N) is 5. The number of halogens is 2. The van der Waals surface area contributed by atoms with Crippen molar-refractivity contribution in [1.29, 1.82) is 0 Å². The zero-order valence-electron chi connectivity index (χ0n) is 30.8. The van der Waals surface area contributed by atoms with E-state index in [4.69, 9.17) is 42.8 Å². The summed E-state index contributed by atoms with van der Waals surface area (Å²) in [7, 11) is -3.85. The Morgan fingerprint density at radius 2 is 1.70 bits per heavy atom. The molecule has 5 aromatic rings. The van der Waals surface area contributed by atoms with Crippen molar-refractivity contribution in [3.8, 4) is 11.5 Å². The van der Waals surface area contributed by atoms with E-state index >= 15 is 8.78 Å². The van der Waals surface area contributed by atoms with Gasteiger partial charge in [-0.2, -0.15) is 0 Å². The summed E-state index contributed by atoms with van der Waals surface area (Å²) in [6.07, 6.45) is -11.9. The fourth-order valence-electron chi connectivity index (χ4n) is 6.57. The topological polar surface area (TPSA) is 270 Å². The molecular weight excluding hydrogens is 862 g/mol. The SMILES string of the molecule is COc1ccccc1C(=O)Oc1ccc(CSP2(=O)OC[C@H]3O[C@@H](n4cnc5c(N)ncnc54)[C@H](F)[C@@H]3OP(=O)(O)OC[C@H]3O[C@@H](n4ccc(=O)[nH]c4=O)[C@H](O2)[C@@H]3F)cc1. The van der Waals surface area contributed by atoms with Gasteiger partial charge >= 0.3 is 26.3 Å². The Labute approximate surface area is 339 Å². The molecule has 4 N–H and O–H groups in total. The number of phosphoric ester groups is 1. The predicted molar refractivity (Wildman–Crippen MR) is 203 cm³/mol. The molecule has 26 heteroatoms. The molecule has 0 amide bonds. The fraction of sp³-hybridized carbons (Fsp3) is 0.353. The van der Waals surface area contributed by atoms with E-state index in [1.165, 1.54) is 25.3 Å². The minimum atomic E-state index is -5.27. The van der Waals surface area contributed by atoms with Gasteiger partial charge in [0.25, 0.3) is 5.56 Å². The number of nitrogens with one attached hydrogen (secondary N) is 1. The van der Waals surface area contributed by atoms with Crippen LogP contribution in [0.25, 0.3) is 11.2 Å². The van der Waals surface area contributed by atoms with Gasteiger partial charge < -0.3 is 29.6 Å². The van der Waals surface area contributed by atoms with Gasteiger partial charge in [0, 0.05) is 18.0 Å². The van der Waals surface area contributed by atoms with Gasteiger partial charge in [-0.05, 0) is 41.2 Å². The monoisotopic (exact) mass is 895 g/mol. The molecule has 2 unspecified atom stereocenters.